The Morgan fingerprint density at radius 1 is 1.29 bits per heavy atom. The molecule has 1 aliphatic heterocycles. The highest BCUT2D eigenvalue weighted by atomic mass is 79.9. The van der Waals surface area contributed by atoms with Gasteiger partial charge >= 0.3 is 12.0 Å². The molecule has 21 heavy (non-hydrogen) atoms. The number of nitrogens with zero attached hydrogens (tertiary/aromatic N) is 1. The molecule has 1 aliphatic rings. The van der Waals surface area contributed by atoms with Gasteiger partial charge in [-0.05, 0) is 53.2 Å². The first-order valence-corrected chi connectivity index (χ1v) is 7.88. The largest absolute Gasteiger partial charge is 0.481 e. The van der Waals surface area contributed by atoms with Crippen molar-refractivity contribution < 1.29 is 14.7 Å². The molecule has 0 aliphatic carbocycles. The molecule has 0 unspecified atom stereocenters. The Labute approximate surface area is 132 Å². The Morgan fingerprint density at radius 2 is 1.95 bits per heavy atom. The Hall–Kier alpha value is -1.56. The third kappa shape index (κ3) is 4.74. The maximum Gasteiger partial charge on any atom is 0.321 e. The van der Waals surface area contributed by atoms with E-state index >= 15 is 0 Å². The Kier molecular flexibility index (Phi) is 5.61. The van der Waals surface area contributed by atoms with Gasteiger partial charge < -0.3 is 15.3 Å². The summed E-state index contributed by atoms with van der Waals surface area (Å²) in [5.74, 6) is -0.335. The van der Waals surface area contributed by atoms with Gasteiger partial charge in [0.05, 0.1) is 5.69 Å². The van der Waals surface area contributed by atoms with Crippen LogP contribution in [0.1, 0.15) is 25.7 Å². The zero-order valence-electron chi connectivity index (χ0n) is 11.7. The molecule has 0 spiro atoms. The first kappa shape index (κ1) is 15.8. The monoisotopic (exact) mass is 354 g/mol. The average Bonchev–Trinajstić information content (AvgIpc) is 2.48. The zero-order valence-corrected chi connectivity index (χ0v) is 13.3. The minimum Gasteiger partial charge on any atom is -0.481 e. The van der Waals surface area contributed by atoms with Crippen LogP contribution >= 0.6 is 15.9 Å². The van der Waals surface area contributed by atoms with Gasteiger partial charge in [0.2, 0.25) is 0 Å². The molecule has 1 fully saturated rings. The van der Waals surface area contributed by atoms with E-state index in [1.165, 1.54) is 0 Å². The topological polar surface area (TPSA) is 69.6 Å². The van der Waals surface area contributed by atoms with Crippen LogP contribution in [0.4, 0.5) is 10.5 Å². The molecule has 1 saturated heterocycles. The fraction of sp³-hybridized carbons (Fsp3) is 0.467. The van der Waals surface area contributed by atoms with Crippen LogP contribution in [-0.4, -0.2) is 35.1 Å². The number of carbonyl (C=O) groups excluding carboxylic acids is 1. The van der Waals surface area contributed by atoms with Crippen molar-refractivity contribution in [2.24, 2.45) is 5.92 Å². The maximum atomic E-state index is 12.2. The molecule has 0 radical (unpaired) electrons. The van der Waals surface area contributed by atoms with E-state index in [1.54, 1.807) is 4.90 Å². The van der Waals surface area contributed by atoms with Crippen LogP contribution in [-0.2, 0) is 4.79 Å². The summed E-state index contributed by atoms with van der Waals surface area (Å²) >= 11 is 3.40. The summed E-state index contributed by atoms with van der Waals surface area (Å²) in [6.07, 6.45) is 2.66. The third-order valence-electron chi connectivity index (χ3n) is 3.78. The van der Waals surface area contributed by atoms with Crippen molar-refractivity contribution in [3.05, 3.63) is 28.7 Å². The Bertz CT molecular complexity index is 513. The number of nitrogens with one attached hydrogen (secondary N) is 1. The summed E-state index contributed by atoms with van der Waals surface area (Å²) in [6.45, 7) is 1.36. The van der Waals surface area contributed by atoms with Crippen molar-refractivity contribution in [1.82, 2.24) is 4.90 Å². The lowest BCUT2D eigenvalue weighted by Gasteiger charge is -2.32. The minimum absolute atomic E-state index is 0.0985. The molecule has 6 heteroatoms. The molecule has 0 saturated carbocycles. The van der Waals surface area contributed by atoms with Gasteiger partial charge in [0.1, 0.15) is 0 Å². The normalized spacial score (nSPS) is 15.8. The van der Waals surface area contributed by atoms with Gasteiger partial charge in [-0.25, -0.2) is 4.79 Å². The smallest absolute Gasteiger partial charge is 0.321 e. The molecular weight excluding hydrogens is 336 g/mol. The molecule has 2 N–H and O–H groups in total. The fourth-order valence-corrected chi connectivity index (χ4v) is 2.89. The van der Waals surface area contributed by atoms with Crippen molar-refractivity contribution >= 4 is 33.6 Å². The van der Waals surface area contributed by atoms with Gasteiger partial charge in [0.15, 0.2) is 0 Å². The molecule has 0 bridgehead atoms. The quantitative estimate of drug-likeness (QED) is 0.868. The fourth-order valence-electron chi connectivity index (χ4n) is 2.51. The molecular formula is C15H19BrN2O3. The molecule has 2 rings (SSSR count). The van der Waals surface area contributed by atoms with Crippen molar-refractivity contribution in [1.29, 1.82) is 0 Å². The van der Waals surface area contributed by atoms with Crippen molar-refractivity contribution in [2.45, 2.75) is 25.7 Å². The lowest BCUT2D eigenvalue weighted by Crippen LogP contribution is -2.41. The number of likely N-dealkylation sites (tertiary alicyclic amines) is 1. The van der Waals surface area contributed by atoms with Crippen molar-refractivity contribution in [2.75, 3.05) is 18.4 Å². The van der Waals surface area contributed by atoms with Gasteiger partial charge in [-0.1, -0.05) is 12.1 Å². The summed E-state index contributed by atoms with van der Waals surface area (Å²) in [7, 11) is 0. The summed E-state index contributed by atoms with van der Waals surface area (Å²) in [5, 5.41) is 11.6. The van der Waals surface area contributed by atoms with Crippen LogP contribution in [0.3, 0.4) is 0 Å². The van der Waals surface area contributed by atoms with E-state index in [0.717, 1.165) is 23.0 Å². The number of anilines is 1. The zero-order chi connectivity index (χ0) is 15.2. The van der Waals surface area contributed by atoms with Crippen molar-refractivity contribution in [3.8, 4) is 0 Å². The van der Waals surface area contributed by atoms with Crippen LogP contribution in [0.15, 0.2) is 28.7 Å². The third-order valence-corrected chi connectivity index (χ3v) is 4.48. The number of carbonyl (C=O) groups is 2. The van der Waals surface area contributed by atoms with Gasteiger partial charge in [-0.15, -0.1) is 0 Å². The number of rotatable bonds is 4. The Morgan fingerprint density at radius 3 is 2.57 bits per heavy atom. The molecule has 114 valence electrons. The molecule has 2 amide bonds. The number of aliphatic carboxylic acids is 1. The molecule has 5 nitrogen and oxygen atoms in total. The summed E-state index contributed by atoms with van der Waals surface area (Å²) in [5.41, 5.74) is 0.760. The molecule has 0 atom stereocenters. The predicted molar refractivity (Wildman–Crippen MR) is 84.3 cm³/mol. The van der Waals surface area contributed by atoms with E-state index < -0.39 is 5.97 Å². The maximum absolute atomic E-state index is 12.2. The summed E-state index contributed by atoms with van der Waals surface area (Å²) < 4.78 is 0.856. The van der Waals surface area contributed by atoms with Gasteiger partial charge in [0, 0.05) is 24.0 Å². The predicted octanol–water partition coefficient (Wildman–Crippen LogP) is 3.56. The van der Waals surface area contributed by atoms with E-state index in [-0.39, 0.29) is 12.5 Å². The Balaban J connectivity index is 1.81. The highest BCUT2D eigenvalue weighted by molar-refractivity contribution is 9.10. The second-order valence-electron chi connectivity index (χ2n) is 5.27. The number of carboxylic acids is 1. The first-order valence-electron chi connectivity index (χ1n) is 7.08. The van der Waals surface area contributed by atoms with Crippen LogP contribution < -0.4 is 5.32 Å². The van der Waals surface area contributed by atoms with E-state index in [9.17, 15) is 9.59 Å². The average molecular weight is 355 g/mol. The lowest BCUT2D eigenvalue weighted by atomic mass is 9.92. The van der Waals surface area contributed by atoms with Crippen LogP contribution in [0.25, 0.3) is 0 Å². The molecule has 1 aromatic carbocycles. The second-order valence-corrected chi connectivity index (χ2v) is 6.13. The number of para-hydroxylation sites is 1. The van der Waals surface area contributed by atoms with Gasteiger partial charge in [-0.2, -0.15) is 0 Å². The molecule has 1 aromatic rings. The van der Waals surface area contributed by atoms with Crippen LogP contribution in [0, 0.1) is 5.92 Å². The number of urea groups is 1. The molecule has 0 aromatic heterocycles. The lowest BCUT2D eigenvalue weighted by molar-refractivity contribution is -0.137. The van der Waals surface area contributed by atoms with Crippen LogP contribution in [0.2, 0.25) is 0 Å². The number of piperidine rings is 1. The standard InChI is InChI=1S/C15H19BrN2O3/c16-12-3-1-2-4-13(12)17-15(21)18-9-7-11(8-10-18)5-6-14(19)20/h1-4,11H,5-10H2,(H,17,21)(H,19,20). The number of halogens is 1. The summed E-state index contributed by atoms with van der Waals surface area (Å²) in [6, 6.07) is 7.40. The van der Waals surface area contributed by atoms with Gasteiger partial charge in [-0.3, -0.25) is 4.79 Å². The number of amides is 2. The number of carboxylic acid groups (broad SMARTS) is 1. The van der Waals surface area contributed by atoms with E-state index in [1.807, 2.05) is 24.3 Å². The number of benzene rings is 1. The second kappa shape index (κ2) is 7.45. The van der Waals surface area contributed by atoms with Gasteiger partial charge in [0.25, 0.3) is 0 Å². The number of hydrogen-bond acceptors (Lipinski definition) is 2. The highest BCUT2D eigenvalue weighted by Crippen LogP contribution is 2.24. The number of hydrogen-bond donors (Lipinski definition) is 2. The molecule has 1 heterocycles. The first-order chi connectivity index (χ1) is 10.1. The SMILES string of the molecule is O=C(O)CCC1CCN(C(=O)Nc2ccccc2Br)CC1. The van der Waals surface area contributed by atoms with Crippen LogP contribution in [0.5, 0.6) is 0 Å². The van der Waals surface area contributed by atoms with Crippen molar-refractivity contribution in [3.63, 3.8) is 0 Å². The van der Waals surface area contributed by atoms with E-state index in [0.29, 0.717) is 25.4 Å². The highest BCUT2D eigenvalue weighted by Gasteiger charge is 2.23. The minimum atomic E-state index is -0.746. The summed E-state index contributed by atoms with van der Waals surface area (Å²) in [4.78, 5) is 24.6. The van der Waals surface area contributed by atoms with E-state index in [2.05, 4.69) is 21.2 Å². The van der Waals surface area contributed by atoms with E-state index in [4.69, 9.17) is 5.11 Å².